The van der Waals surface area contributed by atoms with E-state index in [1.165, 1.54) is 33.4 Å². The van der Waals surface area contributed by atoms with Gasteiger partial charge in [0.05, 0.1) is 5.69 Å². The highest BCUT2D eigenvalue weighted by Crippen LogP contribution is 2.41. The molecule has 0 spiro atoms. The van der Waals surface area contributed by atoms with Crippen LogP contribution in [-0.2, 0) is 6.42 Å². The summed E-state index contributed by atoms with van der Waals surface area (Å²) in [6.07, 6.45) is 1.00. The Bertz CT molecular complexity index is 909. The zero-order valence-electron chi connectivity index (χ0n) is 13.9. The molecule has 118 valence electrons. The minimum atomic E-state index is 0.864. The van der Waals surface area contributed by atoms with Crippen LogP contribution in [0.3, 0.4) is 0 Å². The summed E-state index contributed by atoms with van der Waals surface area (Å²) < 4.78 is 0. The van der Waals surface area contributed by atoms with Crippen molar-refractivity contribution in [1.29, 1.82) is 0 Å². The molecule has 24 heavy (non-hydrogen) atoms. The molecule has 0 unspecified atom stereocenters. The summed E-state index contributed by atoms with van der Waals surface area (Å²) in [6.45, 7) is 0. The third-order valence-electron chi connectivity index (χ3n) is 4.37. The molecular weight excluding hydrogens is 294 g/mol. The minimum absolute atomic E-state index is 0.864. The molecule has 3 aromatic carbocycles. The maximum absolute atomic E-state index is 4.20. The molecule has 1 aliphatic carbocycles. The van der Waals surface area contributed by atoms with E-state index in [4.69, 9.17) is 0 Å². The van der Waals surface area contributed by atoms with Crippen molar-refractivity contribution in [3.63, 3.8) is 0 Å². The van der Waals surface area contributed by atoms with Crippen molar-refractivity contribution >= 4 is 5.69 Å². The first-order valence-corrected chi connectivity index (χ1v) is 8.12. The number of benzene rings is 3. The second-order valence-electron chi connectivity index (χ2n) is 6.25. The van der Waals surface area contributed by atoms with Gasteiger partial charge in [0, 0.05) is 14.1 Å². The van der Waals surface area contributed by atoms with Crippen LogP contribution in [0.25, 0.3) is 22.3 Å². The van der Waals surface area contributed by atoms with Gasteiger partial charge in [-0.3, -0.25) is 5.01 Å². The van der Waals surface area contributed by atoms with E-state index in [2.05, 4.69) is 64.9 Å². The van der Waals surface area contributed by atoms with E-state index in [0.717, 1.165) is 12.1 Å². The Kier molecular flexibility index (Phi) is 3.62. The Morgan fingerprint density at radius 2 is 1.46 bits per heavy atom. The lowest BCUT2D eigenvalue weighted by molar-refractivity contribution is 0.408. The van der Waals surface area contributed by atoms with Gasteiger partial charge < -0.3 is 0 Å². The van der Waals surface area contributed by atoms with Crippen molar-refractivity contribution in [2.75, 3.05) is 14.1 Å². The molecular formula is C21H19N3. The van der Waals surface area contributed by atoms with Crippen LogP contribution in [0.2, 0.25) is 0 Å². The number of hydrogen-bond donors (Lipinski definition) is 0. The quantitative estimate of drug-likeness (QED) is 0.363. The monoisotopic (exact) mass is 313 g/mol. The van der Waals surface area contributed by atoms with Crippen LogP contribution in [-0.4, -0.2) is 19.1 Å². The molecule has 0 amide bonds. The van der Waals surface area contributed by atoms with Crippen molar-refractivity contribution in [2.45, 2.75) is 6.42 Å². The van der Waals surface area contributed by atoms with Gasteiger partial charge in [-0.15, -0.1) is 5.11 Å². The van der Waals surface area contributed by atoms with E-state index in [0.29, 0.717) is 0 Å². The average Bonchev–Trinajstić information content (AvgIpc) is 2.99. The van der Waals surface area contributed by atoms with Crippen LogP contribution < -0.4 is 0 Å². The number of fused-ring (bicyclic) bond motifs is 3. The molecule has 0 aromatic heterocycles. The summed E-state index contributed by atoms with van der Waals surface area (Å²) in [5.74, 6) is 0. The number of rotatable bonds is 3. The van der Waals surface area contributed by atoms with Crippen molar-refractivity contribution in [3.8, 4) is 22.3 Å². The second kappa shape index (κ2) is 5.93. The Morgan fingerprint density at radius 1 is 0.750 bits per heavy atom. The fourth-order valence-electron chi connectivity index (χ4n) is 3.28. The lowest BCUT2D eigenvalue weighted by Crippen LogP contribution is -1.98. The Hall–Kier alpha value is -2.94. The van der Waals surface area contributed by atoms with Gasteiger partial charge in [0.15, 0.2) is 0 Å². The highest BCUT2D eigenvalue weighted by Gasteiger charge is 2.20. The molecule has 3 nitrogen and oxygen atoms in total. The highest BCUT2D eigenvalue weighted by molar-refractivity contribution is 5.84. The molecule has 0 radical (unpaired) electrons. The van der Waals surface area contributed by atoms with Crippen LogP contribution in [0.4, 0.5) is 5.69 Å². The van der Waals surface area contributed by atoms with Crippen LogP contribution in [0, 0.1) is 0 Å². The van der Waals surface area contributed by atoms with E-state index in [1.54, 1.807) is 5.01 Å². The third-order valence-corrected chi connectivity index (χ3v) is 4.37. The minimum Gasteiger partial charge on any atom is -0.285 e. The third kappa shape index (κ3) is 2.58. The molecule has 0 atom stereocenters. The van der Waals surface area contributed by atoms with Gasteiger partial charge in [0.2, 0.25) is 0 Å². The second-order valence-corrected chi connectivity index (χ2v) is 6.25. The molecule has 4 rings (SSSR count). The summed E-state index contributed by atoms with van der Waals surface area (Å²) in [7, 11) is 3.73. The fourth-order valence-corrected chi connectivity index (χ4v) is 3.28. The Balaban J connectivity index is 1.72. The van der Waals surface area contributed by atoms with Crippen molar-refractivity contribution in [2.24, 2.45) is 10.3 Å². The first-order chi connectivity index (χ1) is 11.7. The zero-order chi connectivity index (χ0) is 16.5. The first-order valence-electron chi connectivity index (χ1n) is 8.12. The first kappa shape index (κ1) is 14.6. The van der Waals surface area contributed by atoms with Crippen LogP contribution >= 0.6 is 0 Å². The van der Waals surface area contributed by atoms with Gasteiger partial charge in [-0.1, -0.05) is 59.8 Å². The number of nitrogens with zero attached hydrogens (tertiary/aromatic N) is 3. The van der Waals surface area contributed by atoms with E-state index < -0.39 is 0 Å². The molecule has 0 saturated heterocycles. The lowest BCUT2D eigenvalue weighted by atomic mass is 9.96. The van der Waals surface area contributed by atoms with Gasteiger partial charge in [-0.25, -0.2) is 0 Å². The molecule has 0 heterocycles. The summed E-state index contributed by atoms with van der Waals surface area (Å²) >= 11 is 0. The summed E-state index contributed by atoms with van der Waals surface area (Å²) in [5, 5.41) is 9.93. The molecule has 0 fully saturated rings. The summed E-state index contributed by atoms with van der Waals surface area (Å²) in [5.41, 5.74) is 8.95. The normalized spacial score (nSPS) is 12.2. The lowest BCUT2D eigenvalue weighted by Gasteiger charge is -2.09. The predicted octanol–water partition coefficient (Wildman–Crippen LogP) is 5.49. The van der Waals surface area contributed by atoms with Crippen LogP contribution in [0.5, 0.6) is 0 Å². The zero-order valence-corrected chi connectivity index (χ0v) is 13.9. The van der Waals surface area contributed by atoms with E-state index >= 15 is 0 Å². The van der Waals surface area contributed by atoms with Crippen molar-refractivity contribution < 1.29 is 0 Å². The molecule has 0 N–H and O–H groups in total. The fraction of sp³-hybridized carbons (Fsp3) is 0.143. The topological polar surface area (TPSA) is 28.0 Å². The van der Waals surface area contributed by atoms with Crippen molar-refractivity contribution in [1.82, 2.24) is 5.01 Å². The van der Waals surface area contributed by atoms with Gasteiger partial charge in [-0.05, 0) is 51.9 Å². The maximum atomic E-state index is 4.20. The highest BCUT2D eigenvalue weighted by atomic mass is 15.5. The summed E-state index contributed by atoms with van der Waals surface area (Å²) in [4.78, 5) is 0. The number of hydrogen-bond acceptors (Lipinski definition) is 2. The van der Waals surface area contributed by atoms with E-state index in [-0.39, 0.29) is 0 Å². The molecule has 0 saturated carbocycles. The summed E-state index contributed by atoms with van der Waals surface area (Å²) in [6, 6.07) is 23.6. The van der Waals surface area contributed by atoms with E-state index in [1.807, 2.05) is 26.2 Å². The SMILES string of the molecule is CN(C)N=Nc1ccc(-c2cccc3c2Cc2ccccc2-3)cc1. The van der Waals surface area contributed by atoms with Crippen molar-refractivity contribution in [3.05, 3.63) is 77.9 Å². The molecule has 1 aliphatic rings. The molecule has 0 aliphatic heterocycles. The standard InChI is InChI=1S/C21H19N3/c1-24(2)23-22-17-12-10-15(11-13-17)18-8-5-9-20-19-7-4-3-6-16(19)14-21(18)20/h3-13H,14H2,1-2H3. The predicted molar refractivity (Wildman–Crippen MR) is 98.3 cm³/mol. The van der Waals surface area contributed by atoms with Gasteiger partial charge in [0.1, 0.15) is 0 Å². The maximum Gasteiger partial charge on any atom is 0.0874 e. The largest absolute Gasteiger partial charge is 0.285 e. The van der Waals surface area contributed by atoms with Crippen LogP contribution in [0.1, 0.15) is 11.1 Å². The van der Waals surface area contributed by atoms with Gasteiger partial charge in [-0.2, -0.15) is 0 Å². The smallest absolute Gasteiger partial charge is 0.0874 e. The molecule has 3 aromatic rings. The van der Waals surface area contributed by atoms with Gasteiger partial charge >= 0.3 is 0 Å². The van der Waals surface area contributed by atoms with E-state index in [9.17, 15) is 0 Å². The Labute approximate surface area is 142 Å². The van der Waals surface area contributed by atoms with Gasteiger partial charge in [0.25, 0.3) is 0 Å². The average molecular weight is 313 g/mol. The molecule has 3 heteroatoms. The molecule has 0 bridgehead atoms. The Morgan fingerprint density at radius 3 is 2.25 bits per heavy atom. The van der Waals surface area contributed by atoms with Crippen LogP contribution in [0.15, 0.2) is 77.1 Å².